The summed E-state index contributed by atoms with van der Waals surface area (Å²) >= 11 is 7.44. The summed E-state index contributed by atoms with van der Waals surface area (Å²) in [5.74, 6) is 0. The smallest absolute Gasteiger partial charge is 0.209 e. The van der Waals surface area contributed by atoms with E-state index in [0.29, 0.717) is 0 Å². The van der Waals surface area contributed by atoms with Crippen LogP contribution in [0.4, 0.5) is 11.4 Å². The normalized spacial score (nSPS) is 17.7. The van der Waals surface area contributed by atoms with Crippen LogP contribution in [0.3, 0.4) is 0 Å². The van der Waals surface area contributed by atoms with Crippen molar-refractivity contribution in [1.82, 2.24) is 0 Å². The lowest BCUT2D eigenvalue weighted by Crippen LogP contribution is -3.00. The Morgan fingerprint density at radius 1 is 0.717 bits per heavy atom. The second-order valence-corrected chi connectivity index (χ2v) is 17.1. The first kappa shape index (κ1) is 43.5. The molecule has 2 aromatic carbocycles. The topological polar surface area (TPSA) is 6.25 Å². The van der Waals surface area contributed by atoms with E-state index in [4.69, 9.17) is 0 Å². The Kier molecular flexibility index (Phi) is 16.0. The van der Waals surface area contributed by atoms with Gasteiger partial charge in [-0.3, -0.25) is 0 Å². The second kappa shape index (κ2) is 16.9. The van der Waals surface area contributed by atoms with Gasteiger partial charge in [-0.2, -0.15) is 4.58 Å². The van der Waals surface area contributed by atoms with E-state index in [1.165, 1.54) is 33.9 Å². The fourth-order valence-corrected chi connectivity index (χ4v) is 7.26. The molecular weight excluding hydrogens is 900 g/mol. The van der Waals surface area contributed by atoms with Gasteiger partial charge in [-0.15, -0.1) is 0 Å². The lowest BCUT2D eigenvalue weighted by Gasteiger charge is -2.29. The van der Waals surface area contributed by atoms with Gasteiger partial charge in [0, 0.05) is 56.4 Å². The summed E-state index contributed by atoms with van der Waals surface area (Å²) in [7, 11) is 13.6. The molecule has 0 spiro atoms. The maximum absolute atomic E-state index is 3.72. The zero-order valence-electron chi connectivity index (χ0n) is 29.3. The molecule has 0 N–H and O–H groups in total. The summed E-state index contributed by atoms with van der Waals surface area (Å²) in [5.41, 5.74) is 8.03. The van der Waals surface area contributed by atoms with Crippen LogP contribution in [0.15, 0.2) is 81.4 Å². The summed E-state index contributed by atoms with van der Waals surface area (Å²) in [6.45, 7) is 13.8. The van der Waals surface area contributed by atoms with Crippen LogP contribution in [0.5, 0.6) is 0 Å². The van der Waals surface area contributed by atoms with Gasteiger partial charge in [-0.25, -0.2) is 0 Å². The van der Waals surface area contributed by atoms with Gasteiger partial charge in [-0.1, -0.05) is 63.9 Å². The van der Waals surface area contributed by atoms with Crippen molar-refractivity contribution < 1.29 is 64.5 Å². The summed E-state index contributed by atoms with van der Waals surface area (Å²) in [6.07, 6.45) is 13.6. The lowest BCUT2D eigenvalue weighted by atomic mass is 9.81. The standard InChI is InChI=1S/C37H53Br2N4.3BrH/c1-36(2)30-26-28(38)18-20-32(30)40(22-14-24-42(5,6)7)34(36)16-12-11-13-17-35-37(3,4)31-27-29(39)19-21-33(31)41(35)23-15-25-43(8,9)10;;;/h11-13,16-21,26-27H,14-15,22-25H2,1-10H3;3*1H/q+3;;;/p-3. The molecule has 0 atom stereocenters. The molecule has 2 aliphatic heterocycles. The summed E-state index contributed by atoms with van der Waals surface area (Å²) in [6, 6.07) is 13.5. The van der Waals surface area contributed by atoms with Crippen LogP contribution in [0.2, 0.25) is 0 Å². The molecule has 0 aromatic heterocycles. The number of anilines is 1. The molecule has 2 aromatic rings. The van der Waals surface area contributed by atoms with Crippen molar-refractivity contribution in [1.29, 1.82) is 0 Å². The van der Waals surface area contributed by atoms with Crippen molar-refractivity contribution in [2.75, 3.05) is 73.4 Å². The molecule has 2 aliphatic rings. The van der Waals surface area contributed by atoms with Gasteiger partial charge in [0.25, 0.3) is 0 Å². The Morgan fingerprint density at radius 2 is 1.28 bits per heavy atom. The summed E-state index contributed by atoms with van der Waals surface area (Å²) in [4.78, 5) is 2.55. The Labute approximate surface area is 328 Å². The number of nitrogens with zero attached hydrogens (tertiary/aromatic N) is 4. The van der Waals surface area contributed by atoms with Crippen LogP contribution >= 0.6 is 31.9 Å². The minimum Gasteiger partial charge on any atom is -1.00 e. The number of rotatable bonds is 11. The van der Waals surface area contributed by atoms with Gasteiger partial charge in [-0.05, 0) is 55.8 Å². The molecule has 2 heterocycles. The molecule has 4 nitrogen and oxygen atoms in total. The summed E-state index contributed by atoms with van der Waals surface area (Å²) < 4.78 is 6.79. The minimum absolute atomic E-state index is 0. The van der Waals surface area contributed by atoms with E-state index in [2.05, 4.69) is 178 Å². The average molecular weight is 953 g/mol. The predicted molar refractivity (Wildman–Crippen MR) is 193 cm³/mol. The van der Waals surface area contributed by atoms with Crippen molar-refractivity contribution in [2.45, 2.75) is 51.4 Å². The summed E-state index contributed by atoms with van der Waals surface area (Å²) in [5, 5.41) is 0. The molecule has 9 heteroatoms. The number of benzene rings is 2. The highest BCUT2D eigenvalue weighted by Gasteiger charge is 2.44. The fourth-order valence-electron chi connectivity index (χ4n) is 6.54. The highest BCUT2D eigenvalue weighted by atomic mass is 79.9. The largest absolute Gasteiger partial charge is 1.00 e. The molecule has 0 aliphatic carbocycles. The van der Waals surface area contributed by atoms with Gasteiger partial charge >= 0.3 is 0 Å². The van der Waals surface area contributed by atoms with Gasteiger partial charge < -0.3 is 64.8 Å². The molecule has 0 amide bonds. The van der Waals surface area contributed by atoms with E-state index in [-0.39, 0.29) is 61.8 Å². The zero-order chi connectivity index (χ0) is 31.8. The van der Waals surface area contributed by atoms with Crippen molar-refractivity contribution >= 4 is 48.9 Å². The minimum atomic E-state index is -0.0661. The van der Waals surface area contributed by atoms with Crippen LogP contribution in [0.1, 0.15) is 51.7 Å². The SMILES string of the molecule is CC1(C)C(/C=C/C=C/C=C2/N(CCC[N+](C)(C)C)c3ccc(Br)cc3C2(C)C)=[N+](CCC[N+](C)(C)C)c2ccc(Br)cc21.[Br-].[Br-].[Br-]. The van der Waals surface area contributed by atoms with E-state index in [0.717, 1.165) is 56.9 Å². The number of hydrogen-bond donors (Lipinski definition) is 0. The van der Waals surface area contributed by atoms with Crippen LogP contribution in [0, 0.1) is 0 Å². The predicted octanol–water partition coefficient (Wildman–Crippen LogP) is -0.413. The van der Waals surface area contributed by atoms with Crippen LogP contribution in [-0.4, -0.2) is 87.7 Å². The number of hydrogen-bond acceptors (Lipinski definition) is 1. The Morgan fingerprint density at radius 3 is 1.89 bits per heavy atom. The van der Waals surface area contributed by atoms with E-state index >= 15 is 0 Å². The van der Waals surface area contributed by atoms with E-state index in [1.807, 2.05) is 0 Å². The molecule has 256 valence electrons. The first-order valence-corrected chi connectivity index (χ1v) is 17.2. The highest BCUT2D eigenvalue weighted by Crippen LogP contribution is 2.48. The van der Waals surface area contributed by atoms with Crippen LogP contribution < -0.4 is 55.8 Å². The quantitative estimate of drug-likeness (QED) is 0.169. The Hall–Kier alpha value is -0.550. The number of quaternary nitrogens is 2. The van der Waals surface area contributed by atoms with Crippen molar-refractivity contribution in [3.63, 3.8) is 0 Å². The molecule has 0 radical (unpaired) electrons. The average Bonchev–Trinajstić information content (AvgIpc) is 3.21. The molecule has 0 fully saturated rings. The molecule has 46 heavy (non-hydrogen) atoms. The number of allylic oxidation sites excluding steroid dienone is 6. The van der Waals surface area contributed by atoms with Gasteiger partial charge in [0.15, 0.2) is 12.3 Å². The van der Waals surface area contributed by atoms with Crippen molar-refractivity contribution in [3.05, 3.63) is 92.5 Å². The monoisotopic (exact) mass is 948 g/mol. The Bertz CT molecular complexity index is 1470. The maximum atomic E-state index is 3.72. The number of halogens is 5. The first-order chi connectivity index (χ1) is 19.9. The van der Waals surface area contributed by atoms with Gasteiger partial charge in [0.1, 0.15) is 0 Å². The van der Waals surface area contributed by atoms with E-state index < -0.39 is 0 Å². The molecule has 0 saturated heterocycles. The third-order valence-electron chi connectivity index (χ3n) is 8.86. The Balaban J connectivity index is 0.00000353. The van der Waals surface area contributed by atoms with Gasteiger partial charge in [0.05, 0.1) is 67.2 Å². The van der Waals surface area contributed by atoms with Crippen molar-refractivity contribution in [2.24, 2.45) is 0 Å². The van der Waals surface area contributed by atoms with Crippen LogP contribution in [-0.2, 0) is 10.8 Å². The van der Waals surface area contributed by atoms with Crippen LogP contribution in [0.25, 0.3) is 0 Å². The third kappa shape index (κ3) is 10.2. The molecule has 0 saturated carbocycles. The lowest BCUT2D eigenvalue weighted by molar-refractivity contribution is -0.871. The zero-order valence-corrected chi connectivity index (χ0v) is 37.2. The second-order valence-electron chi connectivity index (χ2n) is 15.3. The van der Waals surface area contributed by atoms with Crippen molar-refractivity contribution in [3.8, 4) is 0 Å². The fraction of sp³-hybridized carbons (Fsp3) is 0.486. The molecule has 0 unspecified atom stereocenters. The maximum Gasteiger partial charge on any atom is 0.209 e. The molecular formula is C37H53Br5N4. The van der Waals surface area contributed by atoms with E-state index in [1.54, 1.807) is 0 Å². The molecule has 4 rings (SSSR count). The number of fused-ring (bicyclic) bond motifs is 2. The highest BCUT2D eigenvalue weighted by molar-refractivity contribution is 9.10. The third-order valence-corrected chi connectivity index (χ3v) is 9.85. The first-order valence-electron chi connectivity index (χ1n) is 15.6. The van der Waals surface area contributed by atoms with E-state index in [9.17, 15) is 0 Å². The molecule has 0 bridgehead atoms. The van der Waals surface area contributed by atoms with Gasteiger partial charge in [0.2, 0.25) is 5.69 Å².